The summed E-state index contributed by atoms with van der Waals surface area (Å²) in [4.78, 5) is 11.7. The van der Waals surface area contributed by atoms with E-state index < -0.39 is 11.6 Å². The van der Waals surface area contributed by atoms with Crippen LogP contribution >= 0.6 is 11.6 Å². The number of unbranched alkanes of at least 4 members (excludes halogenated alkanes) is 4. The number of ketones is 1. The van der Waals surface area contributed by atoms with Crippen LogP contribution in [0.15, 0.2) is 12.1 Å². The van der Waals surface area contributed by atoms with Gasteiger partial charge in [-0.15, -0.1) is 0 Å². The van der Waals surface area contributed by atoms with Crippen molar-refractivity contribution in [3.8, 4) is 0 Å². The number of hydrogen-bond donors (Lipinski definition) is 0. The number of halogens is 3. The molecule has 0 unspecified atom stereocenters. The fraction of sp³-hybridized carbons (Fsp3) is 0.500. The van der Waals surface area contributed by atoms with Crippen molar-refractivity contribution in [2.24, 2.45) is 0 Å². The van der Waals surface area contributed by atoms with Crippen LogP contribution in [0.25, 0.3) is 0 Å². The van der Waals surface area contributed by atoms with Crippen LogP contribution in [0.2, 0.25) is 5.02 Å². The first-order valence-electron chi connectivity index (χ1n) is 6.24. The van der Waals surface area contributed by atoms with Crippen molar-refractivity contribution < 1.29 is 13.6 Å². The molecule has 0 N–H and O–H groups in total. The molecule has 0 aliphatic rings. The predicted octanol–water partition coefficient (Wildman–Crippen LogP) is 5.16. The standard InChI is InChI=1S/C14H17ClF2O/c1-2-3-4-5-6-7-14(18)10-8-13(17)11(15)9-12(10)16/h8-9H,2-7H2,1H3. The molecule has 0 fully saturated rings. The summed E-state index contributed by atoms with van der Waals surface area (Å²) in [5.41, 5.74) is -0.201. The van der Waals surface area contributed by atoms with Crippen molar-refractivity contribution in [1.82, 2.24) is 0 Å². The summed E-state index contributed by atoms with van der Waals surface area (Å²) in [6, 6.07) is 1.73. The summed E-state index contributed by atoms with van der Waals surface area (Å²) in [5, 5.41) is -0.299. The highest BCUT2D eigenvalue weighted by Crippen LogP contribution is 2.21. The van der Waals surface area contributed by atoms with Crippen LogP contribution in [0.5, 0.6) is 0 Å². The largest absolute Gasteiger partial charge is 0.294 e. The lowest BCUT2D eigenvalue weighted by atomic mass is 10.0. The van der Waals surface area contributed by atoms with Crippen LogP contribution in [0.3, 0.4) is 0 Å². The highest BCUT2D eigenvalue weighted by atomic mass is 35.5. The van der Waals surface area contributed by atoms with Gasteiger partial charge in [0, 0.05) is 6.42 Å². The van der Waals surface area contributed by atoms with Gasteiger partial charge in [0.1, 0.15) is 11.6 Å². The summed E-state index contributed by atoms with van der Waals surface area (Å²) < 4.78 is 26.6. The molecule has 1 rings (SSSR count). The van der Waals surface area contributed by atoms with E-state index in [9.17, 15) is 13.6 Å². The van der Waals surface area contributed by atoms with Crippen molar-refractivity contribution >= 4 is 17.4 Å². The monoisotopic (exact) mass is 274 g/mol. The molecule has 0 aliphatic heterocycles. The van der Waals surface area contributed by atoms with Crippen molar-refractivity contribution in [3.05, 3.63) is 34.4 Å². The molecule has 0 radical (unpaired) electrons. The first-order chi connectivity index (χ1) is 8.56. The van der Waals surface area contributed by atoms with Crippen LogP contribution < -0.4 is 0 Å². The summed E-state index contributed by atoms with van der Waals surface area (Å²) in [6.07, 6.45) is 5.24. The fourth-order valence-electron chi connectivity index (χ4n) is 1.76. The van der Waals surface area contributed by atoms with E-state index in [4.69, 9.17) is 11.6 Å². The molecule has 0 saturated carbocycles. The van der Waals surface area contributed by atoms with Crippen molar-refractivity contribution in [2.45, 2.75) is 45.4 Å². The zero-order valence-electron chi connectivity index (χ0n) is 10.4. The van der Waals surface area contributed by atoms with E-state index in [0.717, 1.165) is 37.8 Å². The van der Waals surface area contributed by atoms with Gasteiger partial charge in [-0.2, -0.15) is 0 Å². The second kappa shape index (κ2) is 7.47. The Morgan fingerprint density at radius 3 is 2.44 bits per heavy atom. The van der Waals surface area contributed by atoms with Crippen LogP contribution in [0.4, 0.5) is 8.78 Å². The summed E-state index contributed by atoms with van der Waals surface area (Å²) >= 11 is 5.43. The number of rotatable bonds is 7. The molecule has 0 spiro atoms. The molecule has 0 aromatic heterocycles. The number of benzene rings is 1. The van der Waals surface area contributed by atoms with Crippen molar-refractivity contribution in [2.75, 3.05) is 0 Å². The molecule has 0 bridgehead atoms. The Bertz CT molecular complexity index is 419. The zero-order chi connectivity index (χ0) is 13.5. The normalized spacial score (nSPS) is 10.7. The highest BCUT2D eigenvalue weighted by Gasteiger charge is 2.14. The Labute approximate surface area is 111 Å². The van der Waals surface area contributed by atoms with E-state index in [-0.39, 0.29) is 22.8 Å². The van der Waals surface area contributed by atoms with Gasteiger partial charge in [0.05, 0.1) is 10.6 Å². The van der Waals surface area contributed by atoms with Gasteiger partial charge in [-0.3, -0.25) is 4.79 Å². The van der Waals surface area contributed by atoms with Crippen LogP contribution in [-0.2, 0) is 0 Å². The molecule has 1 nitrogen and oxygen atoms in total. The minimum Gasteiger partial charge on any atom is -0.294 e. The van der Waals surface area contributed by atoms with E-state index in [1.54, 1.807) is 0 Å². The summed E-state index contributed by atoms with van der Waals surface area (Å²) in [6.45, 7) is 2.11. The van der Waals surface area contributed by atoms with E-state index in [1.165, 1.54) is 0 Å². The van der Waals surface area contributed by atoms with Crippen molar-refractivity contribution in [1.29, 1.82) is 0 Å². The van der Waals surface area contributed by atoms with Crippen molar-refractivity contribution in [3.63, 3.8) is 0 Å². The Balaban J connectivity index is 2.54. The molecule has 0 aliphatic carbocycles. The quantitative estimate of drug-likeness (QED) is 0.381. The predicted molar refractivity (Wildman–Crippen MR) is 69.1 cm³/mol. The van der Waals surface area contributed by atoms with Gasteiger partial charge < -0.3 is 0 Å². The molecule has 100 valence electrons. The lowest BCUT2D eigenvalue weighted by molar-refractivity contribution is 0.0974. The molecule has 0 amide bonds. The number of Topliss-reactive ketones (excluding diaryl/α,β-unsaturated/α-hetero) is 1. The Kier molecular flexibility index (Phi) is 6.27. The van der Waals surface area contributed by atoms with Gasteiger partial charge in [0.2, 0.25) is 0 Å². The van der Waals surface area contributed by atoms with E-state index in [1.807, 2.05) is 0 Å². The zero-order valence-corrected chi connectivity index (χ0v) is 11.2. The SMILES string of the molecule is CCCCCCCC(=O)c1cc(F)c(Cl)cc1F. The van der Waals surface area contributed by atoms with E-state index in [2.05, 4.69) is 6.92 Å². The fourth-order valence-corrected chi connectivity index (χ4v) is 1.91. The Morgan fingerprint density at radius 2 is 1.78 bits per heavy atom. The maximum absolute atomic E-state index is 13.4. The topological polar surface area (TPSA) is 17.1 Å². The lowest BCUT2D eigenvalue weighted by Crippen LogP contribution is -2.03. The third-order valence-corrected chi connectivity index (χ3v) is 3.11. The Morgan fingerprint density at radius 1 is 1.11 bits per heavy atom. The summed E-state index contributed by atoms with van der Waals surface area (Å²) in [7, 11) is 0. The van der Waals surface area contributed by atoms with Crippen LogP contribution in [0.1, 0.15) is 55.8 Å². The molecule has 1 aromatic rings. The molecule has 1 aromatic carbocycles. The first-order valence-corrected chi connectivity index (χ1v) is 6.61. The summed E-state index contributed by atoms with van der Waals surface area (Å²) in [5.74, 6) is -1.87. The van der Waals surface area contributed by atoms with Gasteiger partial charge in [-0.1, -0.05) is 44.2 Å². The van der Waals surface area contributed by atoms with Gasteiger partial charge in [0.15, 0.2) is 5.78 Å². The smallest absolute Gasteiger partial charge is 0.165 e. The van der Waals surface area contributed by atoms with Gasteiger partial charge in [0.25, 0.3) is 0 Å². The third kappa shape index (κ3) is 4.37. The molecule has 0 heterocycles. The van der Waals surface area contributed by atoms with Gasteiger partial charge in [-0.25, -0.2) is 8.78 Å². The van der Waals surface area contributed by atoms with Gasteiger partial charge in [-0.05, 0) is 18.6 Å². The molecule has 4 heteroatoms. The van der Waals surface area contributed by atoms with E-state index >= 15 is 0 Å². The maximum Gasteiger partial charge on any atom is 0.165 e. The molecule has 18 heavy (non-hydrogen) atoms. The Hall–Kier alpha value is -0.960. The van der Waals surface area contributed by atoms with Crippen LogP contribution in [0, 0.1) is 11.6 Å². The minimum atomic E-state index is -0.757. The average molecular weight is 275 g/mol. The average Bonchev–Trinajstić information content (AvgIpc) is 2.33. The molecular weight excluding hydrogens is 258 g/mol. The number of carbonyl (C=O) groups is 1. The van der Waals surface area contributed by atoms with Gasteiger partial charge >= 0.3 is 0 Å². The number of carbonyl (C=O) groups excluding carboxylic acids is 1. The maximum atomic E-state index is 13.4. The third-order valence-electron chi connectivity index (χ3n) is 2.82. The minimum absolute atomic E-state index is 0.201. The second-order valence-corrected chi connectivity index (χ2v) is 4.74. The second-order valence-electron chi connectivity index (χ2n) is 4.33. The molecular formula is C14H17ClF2O. The van der Waals surface area contributed by atoms with E-state index in [0.29, 0.717) is 6.42 Å². The highest BCUT2D eigenvalue weighted by molar-refractivity contribution is 6.30. The lowest BCUT2D eigenvalue weighted by Gasteiger charge is -2.04. The molecule has 0 saturated heterocycles. The molecule has 0 atom stereocenters. The number of hydrogen-bond acceptors (Lipinski definition) is 1. The van der Waals surface area contributed by atoms with Crippen LogP contribution in [-0.4, -0.2) is 5.78 Å². The first kappa shape index (κ1) is 15.1.